The Balaban J connectivity index is 2.09. The van der Waals surface area contributed by atoms with E-state index in [2.05, 4.69) is 44.6 Å². The number of aliphatic imine (C=N–C) groups is 2. The lowest BCUT2D eigenvalue weighted by Gasteiger charge is -2.12. The Morgan fingerprint density at radius 3 is 2.60 bits per heavy atom. The standard InChI is InChI=1S/C17H17BrN2/c1-13(15-9-5-3-6-10-15)19-17(18)20-14(2)16-11-7-4-8-12-16/h3-9,11-12,15H,1,10H2,2H3. The van der Waals surface area contributed by atoms with Gasteiger partial charge in [-0.05, 0) is 34.8 Å². The maximum Gasteiger partial charge on any atom is 0.197 e. The average Bonchev–Trinajstić information content (AvgIpc) is 2.49. The number of allylic oxidation sites excluding steroid dienone is 4. The molecule has 0 heterocycles. The van der Waals surface area contributed by atoms with Crippen LogP contribution in [-0.4, -0.2) is 10.5 Å². The molecule has 0 spiro atoms. The zero-order valence-corrected chi connectivity index (χ0v) is 13.0. The largest absolute Gasteiger partial charge is 0.227 e. The van der Waals surface area contributed by atoms with Crippen molar-refractivity contribution < 1.29 is 0 Å². The van der Waals surface area contributed by atoms with Crippen molar-refractivity contribution in [2.24, 2.45) is 15.9 Å². The molecule has 0 fully saturated rings. The minimum atomic E-state index is 0.264. The van der Waals surface area contributed by atoms with Gasteiger partial charge < -0.3 is 0 Å². The maximum atomic E-state index is 4.46. The predicted molar refractivity (Wildman–Crippen MR) is 90.5 cm³/mol. The quantitative estimate of drug-likeness (QED) is 0.428. The molecule has 1 aliphatic carbocycles. The number of rotatable bonds is 3. The number of nitrogens with zero attached hydrogens (tertiary/aromatic N) is 2. The Bertz CT molecular complexity index is 595. The predicted octanol–water partition coefficient (Wildman–Crippen LogP) is 4.89. The molecule has 3 heteroatoms. The SMILES string of the molecule is C=C(N=C(Br)N=C(C)c1ccccc1)C1C=CC=CC1. The van der Waals surface area contributed by atoms with Crippen LogP contribution in [0.2, 0.25) is 0 Å². The highest BCUT2D eigenvalue weighted by Gasteiger charge is 2.09. The van der Waals surface area contributed by atoms with E-state index in [1.54, 1.807) is 0 Å². The average molecular weight is 329 g/mol. The van der Waals surface area contributed by atoms with Crippen molar-refractivity contribution >= 4 is 26.4 Å². The topological polar surface area (TPSA) is 24.7 Å². The van der Waals surface area contributed by atoms with Crippen LogP contribution in [0.4, 0.5) is 0 Å². The monoisotopic (exact) mass is 328 g/mol. The second-order valence-corrected chi connectivity index (χ2v) is 5.30. The summed E-state index contributed by atoms with van der Waals surface area (Å²) in [5, 5.41) is 0. The fourth-order valence-electron chi connectivity index (χ4n) is 1.94. The highest BCUT2D eigenvalue weighted by Crippen LogP contribution is 2.21. The van der Waals surface area contributed by atoms with E-state index in [4.69, 9.17) is 0 Å². The second-order valence-electron chi connectivity index (χ2n) is 4.59. The van der Waals surface area contributed by atoms with E-state index in [1.165, 1.54) is 0 Å². The molecule has 1 unspecified atom stereocenters. The highest BCUT2D eigenvalue weighted by atomic mass is 79.9. The van der Waals surface area contributed by atoms with E-state index in [-0.39, 0.29) is 5.92 Å². The van der Waals surface area contributed by atoms with Crippen LogP contribution in [0.15, 0.2) is 76.9 Å². The number of halogens is 1. The van der Waals surface area contributed by atoms with Crippen LogP contribution in [0.5, 0.6) is 0 Å². The third-order valence-electron chi connectivity index (χ3n) is 3.10. The van der Waals surface area contributed by atoms with Gasteiger partial charge in [-0.3, -0.25) is 0 Å². The van der Waals surface area contributed by atoms with Crippen molar-refractivity contribution in [2.75, 3.05) is 0 Å². The first-order valence-electron chi connectivity index (χ1n) is 6.54. The van der Waals surface area contributed by atoms with Gasteiger partial charge in [-0.2, -0.15) is 0 Å². The van der Waals surface area contributed by atoms with Gasteiger partial charge in [-0.1, -0.05) is 61.2 Å². The molecule has 1 atom stereocenters. The van der Waals surface area contributed by atoms with Crippen LogP contribution < -0.4 is 0 Å². The van der Waals surface area contributed by atoms with Gasteiger partial charge in [0.1, 0.15) is 0 Å². The number of amidine groups is 1. The van der Waals surface area contributed by atoms with E-state index >= 15 is 0 Å². The molecule has 20 heavy (non-hydrogen) atoms. The zero-order chi connectivity index (χ0) is 14.4. The summed E-state index contributed by atoms with van der Waals surface area (Å²) < 4.78 is 0.562. The molecule has 0 bridgehead atoms. The number of benzene rings is 1. The minimum absolute atomic E-state index is 0.264. The van der Waals surface area contributed by atoms with Crippen molar-refractivity contribution in [1.82, 2.24) is 0 Å². The molecule has 0 saturated carbocycles. The van der Waals surface area contributed by atoms with Gasteiger partial charge in [0.25, 0.3) is 0 Å². The summed E-state index contributed by atoms with van der Waals surface area (Å²) in [6.07, 6.45) is 9.25. The summed E-state index contributed by atoms with van der Waals surface area (Å²) in [6, 6.07) is 10.0. The molecule has 1 aliphatic rings. The smallest absolute Gasteiger partial charge is 0.197 e. The molecule has 102 valence electrons. The molecule has 0 saturated heterocycles. The summed E-state index contributed by atoms with van der Waals surface area (Å²) in [7, 11) is 0. The fraction of sp³-hybridized carbons (Fsp3) is 0.176. The van der Waals surface area contributed by atoms with Crippen LogP contribution in [0.25, 0.3) is 0 Å². The summed E-state index contributed by atoms with van der Waals surface area (Å²) in [5.41, 5.74) is 2.83. The van der Waals surface area contributed by atoms with Crippen molar-refractivity contribution in [2.45, 2.75) is 13.3 Å². The third-order valence-corrected chi connectivity index (χ3v) is 3.45. The second kappa shape index (κ2) is 7.15. The van der Waals surface area contributed by atoms with Crippen molar-refractivity contribution in [3.63, 3.8) is 0 Å². The van der Waals surface area contributed by atoms with Gasteiger partial charge in [0.15, 0.2) is 4.74 Å². The Morgan fingerprint density at radius 2 is 1.95 bits per heavy atom. The molecule has 0 aliphatic heterocycles. The first kappa shape index (κ1) is 14.7. The first-order valence-corrected chi connectivity index (χ1v) is 7.33. The summed E-state index contributed by atoms with van der Waals surface area (Å²) in [6.45, 7) is 6.00. The molecule has 2 nitrogen and oxygen atoms in total. The van der Waals surface area contributed by atoms with Crippen molar-refractivity contribution in [3.8, 4) is 0 Å². The van der Waals surface area contributed by atoms with Gasteiger partial charge >= 0.3 is 0 Å². The summed E-state index contributed by atoms with van der Waals surface area (Å²) >= 11 is 3.40. The molecule has 1 aromatic carbocycles. The Labute approximate surface area is 128 Å². The fourth-order valence-corrected chi connectivity index (χ4v) is 2.43. The zero-order valence-electron chi connectivity index (χ0n) is 11.5. The van der Waals surface area contributed by atoms with Gasteiger partial charge in [-0.25, -0.2) is 9.98 Å². The lowest BCUT2D eigenvalue weighted by atomic mass is 9.98. The molecular weight excluding hydrogens is 312 g/mol. The van der Waals surface area contributed by atoms with Crippen LogP contribution in [-0.2, 0) is 0 Å². The van der Waals surface area contributed by atoms with E-state index in [0.29, 0.717) is 4.74 Å². The van der Waals surface area contributed by atoms with Gasteiger partial charge in [0, 0.05) is 17.3 Å². The summed E-state index contributed by atoms with van der Waals surface area (Å²) in [5.74, 6) is 0.264. The Hall–Kier alpha value is -1.74. The maximum absolute atomic E-state index is 4.46. The van der Waals surface area contributed by atoms with E-state index in [1.807, 2.05) is 49.4 Å². The van der Waals surface area contributed by atoms with Crippen LogP contribution in [0, 0.1) is 5.92 Å². The van der Waals surface area contributed by atoms with Gasteiger partial charge in [0.05, 0.1) is 0 Å². The molecule has 0 aromatic heterocycles. The molecule has 0 radical (unpaired) electrons. The summed E-state index contributed by atoms with van der Waals surface area (Å²) in [4.78, 5) is 8.89. The van der Waals surface area contributed by atoms with Gasteiger partial charge in [0.2, 0.25) is 0 Å². The molecule has 0 amide bonds. The lowest BCUT2D eigenvalue weighted by Crippen LogP contribution is -2.01. The van der Waals surface area contributed by atoms with E-state index < -0.39 is 0 Å². The molecular formula is C17H17BrN2. The van der Waals surface area contributed by atoms with E-state index in [0.717, 1.165) is 23.4 Å². The van der Waals surface area contributed by atoms with Crippen LogP contribution in [0.3, 0.4) is 0 Å². The van der Waals surface area contributed by atoms with Crippen molar-refractivity contribution in [1.29, 1.82) is 0 Å². The lowest BCUT2D eigenvalue weighted by molar-refractivity contribution is 0.761. The molecule has 1 aromatic rings. The Kier molecular flexibility index (Phi) is 5.24. The Morgan fingerprint density at radius 1 is 1.20 bits per heavy atom. The first-order chi connectivity index (χ1) is 9.66. The number of hydrogen-bond acceptors (Lipinski definition) is 1. The number of hydrogen-bond donors (Lipinski definition) is 0. The van der Waals surface area contributed by atoms with Gasteiger partial charge in [-0.15, -0.1) is 0 Å². The third kappa shape index (κ3) is 4.14. The minimum Gasteiger partial charge on any atom is -0.227 e. The molecule has 2 rings (SSSR count). The van der Waals surface area contributed by atoms with Crippen molar-refractivity contribution in [3.05, 3.63) is 72.5 Å². The molecule has 0 N–H and O–H groups in total. The van der Waals surface area contributed by atoms with Crippen LogP contribution in [0.1, 0.15) is 18.9 Å². The normalized spacial score (nSPS) is 19.2. The van der Waals surface area contributed by atoms with E-state index in [9.17, 15) is 0 Å². The van der Waals surface area contributed by atoms with Crippen LogP contribution >= 0.6 is 15.9 Å². The highest BCUT2D eigenvalue weighted by molar-refractivity contribution is 9.18.